The van der Waals surface area contributed by atoms with E-state index in [9.17, 15) is 0 Å². The molecule has 20 heavy (non-hydrogen) atoms. The van der Waals surface area contributed by atoms with Crippen molar-refractivity contribution in [1.29, 1.82) is 0 Å². The van der Waals surface area contributed by atoms with E-state index in [1.165, 1.54) is 35.6 Å². The van der Waals surface area contributed by atoms with Gasteiger partial charge in [0.2, 0.25) is 0 Å². The van der Waals surface area contributed by atoms with Crippen LogP contribution in [0.4, 0.5) is 0 Å². The lowest BCUT2D eigenvalue weighted by atomic mass is 9.74. The largest absolute Gasteiger partial charge is 0.378 e. The summed E-state index contributed by atoms with van der Waals surface area (Å²) in [5.41, 5.74) is 1.47. The van der Waals surface area contributed by atoms with Crippen LogP contribution >= 0.6 is 0 Å². The minimum Gasteiger partial charge on any atom is -0.378 e. The van der Waals surface area contributed by atoms with Crippen molar-refractivity contribution in [3.8, 4) is 0 Å². The summed E-state index contributed by atoms with van der Waals surface area (Å²) in [4.78, 5) is 0. The predicted molar refractivity (Wildman–Crippen MR) is 84.0 cm³/mol. The van der Waals surface area contributed by atoms with E-state index in [1.54, 1.807) is 0 Å². The molecule has 3 rings (SSSR count). The van der Waals surface area contributed by atoms with E-state index >= 15 is 0 Å². The lowest BCUT2D eigenvalue weighted by molar-refractivity contribution is -0.0833. The highest BCUT2D eigenvalue weighted by atomic mass is 16.5. The standard InChI is InChI=1S/C18H23NO/c1-19-17(13-18(20-2)11-6-12-18)16-10-5-8-14-7-3-4-9-15(14)16/h3-5,7-10,17,19H,6,11-13H2,1-2H3. The summed E-state index contributed by atoms with van der Waals surface area (Å²) >= 11 is 0. The van der Waals surface area contributed by atoms with Crippen LogP contribution in [-0.2, 0) is 4.74 Å². The molecule has 0 bridgehead atoms. The molecule has 2 aromatic rings. The van der Waals surface area contributed by atoms with E-state index in [1.807, 2.05) is 7.11 Å². The highest BCUT2D eigenvalue weighted by Gasteiger charge is 2.39. The molecule has 106 valence electrons. The smallest absolute Gasteiger partial charge is 0.0697 e. The SMILES string of the molecule is CNC(CC1(OC)CCC1)c1cccc2ccccc12. The summed E-state index contributed by atoms with van der Waals surface area (Å²) in [5, 5.41) is 6.15. The maximum absolute atomic E-state index is 5.80. The number of rotatable bonds is 5. The molecule has 1 aliphatic carbocycles. The lowest BCUT2D eigenvalue weighted by Gasteiger charge is -2.43. The molecule has 1 N–H and O–H groups in total. The van der Waals surface area contributed by atoms with Gasteiger partial charge in [0.15, 0.2) is 0 Å². The zero-order valence-corrected chi connectivity index (χ0v) is 12.4. The van der Waals surface area contributed by atoms with Gasteiger partial charge in [-0.15, -0.1) is 0 Å². The molecule has 2 heteroatoms. The van der Waals surface area contributed by atoms with Crippen molar-refractivity contribution in [2.24, 2.45) is 0 Å². The minimum absolute atomic E-state index is 0.0879. The van der Waals surface area contributed by atoms with Gasteiger partial charge in [-0.1, -0.05) is 42.5 Å². The number of methoxy groups -OCH3 is 1. The summed E-state index contributed by atoms with van der Waals surface area (Å²) in [6.45, 7) is 0. The summed E-state index contributed by atoms with van der Waals surface area (Å²) in [6.07, 6.45) is 4.71. The Kier molecular flexibility index (Phi) is 3.77. The van der Waals surface area contributed by atoms with E-state index in [4.69, 9.17) is 4.74 Å². The third-order valence-corrected chi connectivity index (χ3v) is 4.82. The van der Waals surface area contributed by atoms with Gasteiger partial charge < -0.3 is 10.1 Å². The van der Waals surface area contributed by atoms with E-state index in [0.29, 0.717) is 6.04 Å². The summed E-state index contributed by atoms with van der Waals surface area (Å²) in [5.74, 6) is 0. The second-order valence-corrected chi connectivity index (χ2v) is 5.85. The Balaban J connectivity index is 1.95. The molecule has 0 aromatic heterocycles. The molecule has 1 unspecified atom stereocenters. The summed E-state index contributed by atoms with van der Waals surface area (Å²) in [6, 6.07) is 15.5. The van der Waals surface area contributed by atoms with Crippen molar-refractivity contribution in [1.82, 2.24) is 5.32 Å². The van der Waals surface area contributed by atoms with Gasteiger partial charge in [-0.3, -0.25) is 0 Å². The van der Waals surface area contributed by atoms with Crippen LogP contribution in [-0.4, -0.2) is 19.8 Å². The Morgan fingerprint density at radius 2 is 1.90 bits per heavy atom. The Morgan fingerprint density at radius 1 is 1.15 bits per heavy atom. The molecule has 0 spiro atoms. The van der Waals surface area contributed by atoms with Crippen LogP contribution in [0.3, 0.4) is 0 Å². The average Bonchev–Trinajstić information content (AvgIpc) is 2.47. The number of ether oxygens (including phenoxy) is 1. The molecule has 2 nitrogen and oxygen atoms in total. The van der Waals surface area contributed by atoms with Gasteiger partial charge in [-0.2, -0.15) is 0 Å². The van der Waals surface area contributed by atoms with E-state index in [0.717, 1.165) is 6.42 Å². The maximum atomic E-state index is 5.80. The third kappa shape index (κ3) is 2.34. The zero-order chi connectivity index (χ0) is 14.0. The minimum atomic E-state index is 0.0879. The van der Waals surface area contributed by atoms with Gasteiger partial charge in [0.05, 0.1) is 5.60 Å². The van der Waals surface area contributed by atoms with Crippen LogP contribution in [0.2, 0.25) is 0 Å². The lowest BCUT2D eigenvalue weighted by Crippen LogP contribution is -2.42. The van der Waals surface area contributed by atoms with E-state index in [2.05, 4.69) is 54.8 Å². The Labute approximate surface area is 121 Å². The monoisotopic (exact) mass is 269 g/mol. The molecule has 2 aromatic carbocycles. The molecule has 1 saturated carbocycles. The number of fused-ring (bicyclic) bond motifs is 1. The van der Waals surface area contributed by atoms with E-state index in [-0.39, 0.29) is 5.60 Å². The van der Waals surface area contributed by atoms with Crippen LogP contribution in [0.25, 0.3) is 10.8 Å². The second kappa shape index (κ2) is 5.55. The molecule has 0 heterocycles. The molecule has 1 fully saturated rings. The fourth-order valence-electron chi connectivity index (χ4n) is 3.36. The number of nitrogens with one attached hydrogen (secondary N) is 1. The molecule has 1 aliphatic rings. The fourth-order valence-corrected chi connectivity index (χ4v) is 3.36. The second-order valence-electron chi connectivity index (χ2n) is 5.85. The van der Waals surface area contributed by atoms with Crippen molar-refractivity contribution in [2.75, 3.05) is 14.2 Å². The van der Waals surface area contributed by atoms with Crippen LogP contribution in [0.15, 0.2) is 42.5 Å². The molecule has 0 radical (unpaired) electrons. The first-order valence-corrected chi connectivity index (χ1v) is 7.48. The van der Waals surface area contributed by atoms with E-state index < -0.39 is 0 Å². The Hall–Kier alpha value is -1.38. The molecular weight excluding hydrogens is 246 g/mol. The molecular formula is C18H23NO. The van der Waals surface area contributed by atoms with Gasteiger partial charge >= 0.3 is 0 Å². The van der Waals surface area contributed by atoms with Gasteiger partial charge in [0, 0.05) is 13.2 Å². The molecule has 0 amide bonds. The third-order valence-electron chi connectivity index (χ3n) is 4.82. The van der Waals surface area contributed by atoms with Crippen LogP contribution in [0.1, 0.15) is 37.3 Å². The van der Waals surface area contributed by atoms with Crippen LogP contribution in [0, 0.1) is 0 Å². The maximum Gasteiger partial charge on any atom is 0.0697 e. The van der Waals surface area contributed by atoms with Gasteiger partial charge in [-0.05, 0) is 49.1 Å². The number of benzene rings is 2. The molecule has 0 aliphatic heterocycles. The van der Waals surface area contributed by atoms with Crippen molar-refractivity contribution >= 4 is 10.8 Å². The highest BCUT2D eigenvalue weighted by Crippen LogP contribution is 2.42. The average molecular weight is 269 g/mol. The van der Waals surface area contributed by atoms with Gasteiger partial charge in [0.25, 0.3) is 0 Å². The van der Waals surface area contributed by atoms with Crippen molar-refractivity contribution in [3.05, 3.63) is 48.0 Å². The normalized spacial score (nSPS) is 18.7. The first-order valence-electron chi connectivity index (χ1n) is 7.48. The topological polar surface area (TPSA) is 21.3 Å². The number of hydrogen-bond acceptors (Lipinski definition) is 2. The molecule has 0 saturated heterocycles. The van der Waals surface area contributed by atoms with Crippen molar-refractivity contribution < 1.29 is 4.74 Å². The van der Waals surface area contributed by atoms with Crippen molar-refractivity contribution in [2.45, 2.75) is 37.3 Å². The molecule has 1 atom stereocenters. The first kappa shape index (κ1) is 13.6. The summed E-state index contributed by atoms with van der Waals surface area (Å²) in [7, 11) is 3.91. The summed E-state index contributed by atoms with van der Waals surface area (Å²) < 4.78 is 5.80. The first-order chi connectivity index (χ1) is 9.78. The predicted octanol–water partition coefficient (Wildman–Crippen LogP) is 4.06. The zero-order valence-electron chi connectivity index (χ0n) is 12.4. The van der Waals surface area contributed by atoms with Crippen molar-refractivity contribution in [3.63, 3.8) is 0 Å². The Morgan fingerprint density at radius 3 is 2.55 bits per heavy atom. The van der Waals surface area contributed by atoms with Gasteiger partial charge in [0.1, 0.15) is 0 Å². The van der Waals surface area contributed by atoms with Gasteiger partial charge in [-0.25, -0.2) is 0 Å². The van der Waals surface area contributed by atoms with Crippen LogP contribution < -0.4 is 5.32 Å². The number of hydrogen-bond donors (Lipinski definition) is 1. The Bertz CT molecular complexity index is 578. The van der Waals surface area contributed by atoms with Crippen LogP contribution in [0.5, 0.6) is 0 Å². The highest BCUT2D eigenvalue weighted by molar-refractivity contribution is 5.86. The quantitative estimate of drug-likeness (QED) is 0.884. The fraction of sp³-hybridized carbons (Fsp3) is 0.444.